The maximum absolute atomic E-state index is 12.5. The van der Waals surface area contributed by atoms with Gasteiger partial charge in [-0.2, -0.15) is 13.2 Å². The van der Waals surface area contributed by atoms with Crippen LogP contribution in [0.25, 0.3) is 0 Å². The summed E-state index contributed by atoms with van der Waals surface area (Å²) in [6.45, 7) is 0.603. The number of hydrogen-bond acceptors (Lipinski definition) is 3. The Morgan fingerprint density at radius 3 is 2.48 bits per heavy atom. The van der Waals surface area contributed by atoms with Gasteiger partial charge < -0.3 is 15.7 Å². The number of anilines is 1. The molecule has 116 valence electrons. The summed E-state index contributed by atoms with van der Waals surface area (Å²) in [7, 11) is 1.72. The van der Waals surface area contributed by atoms with E-state index in [-0.39, 0.29) is 12.1 Å². The predicted octanol–water partition coefficient (Wildman–Crippen LogP) is 2.34. The Balaban J connectivity index is 2.92. The summed E-state index contributed by atoms with van der Waals surface area (Å²) in [5.74, 6) is -1.99. The van der Waals surface area contributed by atoms with Gasteiger partial charge in [-0.15, -0.1) is 0 Å². The van der Waals surface area contributed by atoms with Gasteiger partial charge in [-0.1, -0.05) is 0 Å². The molecule has 0 fully saturated rings. The Morgan fingerprint density at radius 1 is 1.29 bits per heavy atom. The third-order valence-corrected chi connectivity index (χ3v) is 2.68. The highest BCUT2D eigenvalue weighted by atomic mass is 19.4. The zero-order chi connectivity index (χ0) is 16.0. The van der Waals surface area contributed by atoms with Crippen LogP contribution in [0.15, 0.2) is 18.2 Å². The molecule has 0 saturated heterocycles. The minimum Gasteiger partial charge on any atom is -0.478 e. The number of benzene rings is 1. The first-order chi connectivity index (χ1) is 9.75. The average Bonchev–Trinajstić information content (AvgIpc) is 2.37. The van der Waals surface area contributed by atoms with Crippen molar-refractivity contribution in [2.24, 2.45) is 0 Å². The molecule has 0 unspecified atom stereocenters. The van der Waals surface area contributed by atoms with Crippen molar-refractivity contribution >= 4 is 17.6 Å². The fourth-order valence-electron chi connectivity index (χ4n) is 1.64. The summed E-state index contributed by atoms with van der Waals surface area (Å²) >= 11 is 0. The van der Waals surface area contributed by atoms with Gasteiger partial charge in [0, 0.05) is 6.42 Å². The number of carbonyl (C=O) groups excluding carboxylic acids is 1. The standard InChI is InChI=1S/C13H15F3N2O3/c1-17-6-2-3-11(19)18-10-5-4-8(13(14,15)16)7-9(10)12(20)21/h4-5,7,17H,2-3,6H2,1H3,(H,18,19)(H,20,21). The lowest BCUT2D eigenvalue weighted by Crippen LogP contribution is -2.17. The second-order valence-electron chi connectivity index (χ2n) is 4.32. The maximum atomic E-state index is 12.5. The van der Waals surface area contributed by atoms with Crippen molar-refractivity contribution in [1.29, 1.82) is 0 Å². The smallest absolute Gasteiger partial charge is 0.416 e. The van der Waals surface area contributed by atoms with Gasteiger partial charge in [0.25, 0.3) is 0 Å². The van der Waals surface area contributed by atoms with Crippen molar-refractivity contribution < 1.29 is 27.9 Å². The molecular weight excluding hydrogens is 289 g/mol. The van der Waals surface area contributed by atoms with Crippen molar-refractivity contribution in [3.8, 4) is 0 Å². The van der Waals surface area contributed by atoms with Gasteiger partial charge in [-0.25, -0.2) is 4.79 Å². The molecule has 1 amide bonds. The van der Waals surface area contributed by atoms with Gasteiger partial charge in [0.15, 0.2) is 0 Å². The van der Waals surface area contributed by atoms with E-state index in [2.05, 4.69) is 10.6 Å². The fourth-order valence-corrected chi connectivity index (χ4v) is 1.64. The molecule has 0 saturated carbocycles. The van der Waals surface area contributed by atoms with Crippen LogP contribution < -0.4 is 10.6 Å². The number of amides is 1. The summed E-state index contributed by atoms with van der Waals surface area (Å²) < 4.78 is 37.6. The van der Waals surface area contributed by atoms with Gasteiger partial charge in [0.05, 0.1) is 16.8 Å². The van der Waals surface area contributed by atoms with Crippen molar-refractivity contribution in [2.75, 3.05) is 18.9 Å². The quantitative estimate of drug-likeness (QED) is 0.705. The summed E-state index contributed by atoms with van der Waals surface area (Å²) in [4.78, 5) is 22.6. The first kappa shape index (κ1) is 17.0. The lowest BCUT2D eigenvalue weighted by molar-refractivity contribution is -0.137. The van der Waals surface area contributed by atoms with Crippen LogP contribution >= 0.6 is 0 Å². The lowest BCUT2D eigenvalue weighted by atomic mass is 10.1. The third kappa shape index (κ3) is 5.07. The predicted molar refractivity (Wildman–Crippen MR) is 70.2 cm³/mol. The van der Waals surface area contributed by atoms with Crippen LogP contribution in [-0.4, -0.2) is 30.6 Å². The minimum absolute atomic E-state index is 0.140. The molecule has 0 aliphatic rings. The van der Waals surface area contributed by atoms with E-state index in [0.29, 0.717) is 19.0 Å². The topological polar surface area (TPSA) is 78.4 Å². The molecule has 0 heterocycles. The Kier molecular flexibility index (Phi) is 5.71. The molecule has 1 rings (SSSR count). The number of halogens is 3. The monoisotopic (exact) mass is 304 g/mol. The van der Waals surface area contributed by atoms with Crippen molar-refractivity contribution in [3.63, 3.8) is 0 Å². The van der Waals surface area contributed by atoms with Gasteiger partial charge in [-0.05, 0) is 38.2 Å². The van der Waals surface area contributed by atoms with Gasteiger partial charge in [-0.3, -0.25) is 4.79 Å². The van der Waals surface area contributed by atoms with Crippen molar-refractivity contribution in [1.82, 2.24) is 5.32 Å². The number of hydrogen-bond donors (Lipinski definition) is 3. The van der Waals surface area contributed by atoms with Crippen LogP contribution in [0.4, 0.5) is 18.9 Å². The maximum Gasteiger partial charge on any atom is 0.416 e. The Bertz CT molecular complexity index is 530. The van der Waals surface area contributed by atoms with Crippen molar-refractivity contribution in [3.05, 3.63) is 29.3 Å². The van der Waals surface area contributed by atoms with E-state index in [0.717, 1.165) is 12.1 Å². The number of nitrogens with one attached hydrogen (secondary N) is 2. The van der Waals surface area contributed by atoms with Gasteiger partial charge in [0.1, 0.15) is 0 Å². The zero-order valence-electron chi connectivity index (χ0n) is 11.3. The average molecular weight is 304 g/mol. The van der Waals surface area contributed by atoms with Crippen LogP contribution in [0, 0.1) is 0 Å². The molecular formula is C13H15F3N2O3. The molecule has 8 heteroatoms. The SMILES string of the molecule is CNCCCC(=O)Nc1ccc(C(F)(F)F)cc1C(=O)O. The van der Waals surface area contributed by atoms with Crippen molar-refractivity contribution in [2.45, 2.75) is 19.0 Å². The largest absolute Gasteiger partial charge is 0.478 e. The summed E-state index contributed by atoms with van der Waals surface area (Å²) in [6.07, 6.45) is -3.97. The highest BCUT2D eigenvalue weighted by Gasteiger charge is 2.31. The molecule has 0 spiro atoms. The molecule has 0 aliphatic heterocycles. The molecule has 1 aromatic carbocycles. The number of carbonyl (C=O) groups is 2. The summed E-state index contributed by atoms with van der Waals surface area (Å²) in [5.41, 5.74) is -1.81. The van der Waals surface area contributed by atoms with E-state index in [1.807, 2.05) is 0 Å². The minimum atomic E-state index is -4.64. The van der Waals surface area contributed by atoms with E-state index in [4.69, 9.17) is 5.11 Å². The normalized spacial score (nSPS) is 11.2. The number of alkyl halides is 3. The molecule has 0 aromatic heterocycles. The molecule has 1 aromatic rings. The molecule has 21 heavy (non-hydrogen) atoms. The second-order valence-corrected chi connectivity index (χ2v) is 4.32. The van der Waals surface area contributed by atoms with E-state index in [1.165, 1.54) is 0 Å². The van der Waals surface area contributed by atoms with E-state index in [9.17, 15) is 22.8 Å². The van der Waals surface area contributed by atoms with Gasteiger partial charge in [0.2, 0.25) is 5.91 Å². The Labute approximate surface area is 119 Å². The second kappa shape index (κ2) is 7.07. The van der Waals surface area contributed by atoms with Crippen LogP contribution in [0.5, 0.6) is 0 Å². The van der Waals surface area contributed by atoms with Crippen LogP contribution in [0.2, 0.25) is 0 Å². The number of carboxylic acid groups (broad SMARTS) is 1. The zero-order valence-corrected chi connectivity index (χ0v) is 11.3. The summed E-state index contributed by atoms with van der Waals surface area (Å²) in [6, 6.07) is 2.18. The first-order valence-electron chi connectivity index (χ1n) is 6.14. The Hall–Kier alpha value is -2.09. The lowest BCUT2D eigenvalue weighted by Gasteiger charge is -2.12. The number of carboxylic acids is 1. The molecule has 0 radical (unpaired) electrons. The Morgan fingerprint density at radius 2 is 1.95 bits per heavy atom. The fraction of sp³-hybridized carbons (Fsp3) is 0.385. The third-order valence-electron chi connectivity index (χ3n) is 2.68. The molecule has 0 aliphatic carbocycles. The van der Waals surface area contributed by atoms with E-state index in [1.54, 1.807) is 7.05 Å². The molecule has 0 bridgehead atoms. The molecule has 5 nitrogen and oxygen atoms in total. The highest BCUT2D eigenvalue weighted by molar-refractivity contribution is 6.00. The van der Waals surface area contributed by atoms with E-state index < -0.39 is 29.2 Å². The number of aromatic carboxylic acids is 1. The van der Waals surface area contributed by atoms with Crippen LogP contribution in [-0.2, 0) is 11.0 Å². The first-order valence-corrected chi connectivity index (χ1v) is 6.14. The molecule has 3 N–H and O–H groups in total. The number of rotatable bonds is 6. The van der Waals surface area contributed by atoms with E-state index >= 15 is 0 Å². The van der Waals surface area contributed by atoms with Crippen LogP contribution in [0.1, 0.15) is 28.8 Å². The summed E-state index contributed by atoms with van der Waals surface area (Å²) in [5, 5.41) is 14.1. The van der Waals surface area contributed by atoms with Gasteiger partial charge >= 0.3 is 12.1 Å². The molecule has 0 atom stereocenters. The highest BCUT2D eigenvalue weighted by Crippen LogP contribution is 2.31. The van der Waals surface area contributed by atoms with Crippen LogP contribution in [0.3, 0.4) is 0 Å².